The topological polar surface area (TPSA) is 59.2 Å². The van der Waals surface area contributed by atoms with Crippen molar-refractivity contribution in [1.29, 1.82) is 0 Å². The van der Waals surface area contributed by atoms with Crippen LogP contribution in [0.15, 0.2) is 22.7 Å². The first-order valence-electron chi connectivity index (χ1n) is 7.70. The van der Waals surface area contributed by atoms with Gasteiger partial charge in [0.1, 0.15) is 6.10 Å². The fraction of sp³-hybridized carbons (Fsp3) is 0.625. The van der Waals surface area contributed by atoms with Gasteiger partial charge in [0.25, 0.3) is 0 Å². The third kappa shape index (κ3) is 4.30. The van der Waals surface area contributed by atoms with Crippen molar-refractivity contribution in [2.24, 2.45) is 0 Å². The number of fused-ring (bicyclic) bond motifs is 1. The van der Waals surface area contributed by atoms with Gasteiger partial charge in [0.15, 0.2) is 11.2 Å². The molecule has 0 amide bonds. The van der Waals surface area contributed by atoms with Crippen molar-refractivity contribution < 1.29 is 9.52 Å². The Labute approximate surface area is 120 Å². The molecule has 0 aromatic carbocycles. The van der Waals surface area contributed by atoms with Gasteiger partial charge >= 0.3 is 0 Å². The predicted octanol–water partition coefficient (Wildman–Crippen LogP) is 4.40. The SMILES string of the molecule is CCCCCCCCCC(O)c1nc2ncccc2o1. The summed E-state index contributed by atoms with van der Waals surface area (Å²) < 4.78 is 5.52. The second-order valence-electron chi connectivity index (χ2n) is 5.30. The number of pyridine rings is 1. The molecule has 2 heterocycles. The molecule has 0 saturated heterocycles. The molecule has 1 unspecified atom stereocenters. The second kappa shape index (κ2) is 8.00. The van der Waals surface area contributed by atoms with Gasteiger partial charge in [0.05, 0.1) is 0 Å². The largest absolute Gasteiger partial charge is 0.436 e. The van der Waals surface area contributed by atoms with Crippen molar-refractivity contribution in [3.8, 4) is 0 Å². The Morgan fingerprint density at radius 2 is 1.90 bits per heavy atom. The number of unbranched alkanes of at least 4 members (excludes halogenated alkanes) is 6. The predicted molar refractivity (Wildman–Crippen MR) is 79.4 cm³/mol. The number of oxazole rings is 1. The zero-order valence-corrected chi connectivity index (χ0v) is 12.2. The minimum absolute atomic E-state index is 0.393. The molecule has 2 rings (SSSR count). The van der Waals surface area contributed by atoms with Crippen molar-refractivity contribution in [3.05, 3.63) is 24.2 Å². The Hall–Kier alpha value is -1.42. The highest BCUT2D eigenvalue weighted by Crippen LogP contribution is 2.22. The van der Waals surface area contributed by atoms with Crippen molar-refractivity contribution in [3.63, 3.8) is 0 Å². The van der Waals surface area contributed by atoms with Gasteiger partial charge in [-0.25, -0.2) is 4.98 Å². The van der Waals surface area contributed by atoms with Gasteiger partial charge in [-0.2, -0.15) is 4.98 Å². The minimum Gasteiger partial charge on any atom is -0.436 e. The zero-order valence-electron chi connectivity index (χ0n) is 12.2. The molecular formula is C16H24N2O2. The summed E-state index contributed by atoms with van der Waals surface area (Å²) in [4.78, 5) is 8.33. The van der Waals surface area contributed by atoms with Crippen molar-refractivity contribution in [1.82, 2.24) is 9.97 Å². The van der Waals surface area contributed by atoms with Crippen molar-refractivity contribution in [2.45, 2.75) is 64.4 Å². The van der Waals surface area contributed by atoms with Crippen LogP contribution < -0.4 is 0 Å². The number of aliphatic hydroxyl groups excluding tert-OH is 1. The first-order valence-corrected chi connectivity index (χ1v) is 7.70. The molecule has 0 spiro atoms. The van der Waals surface area contributed by atoms with Crippen LogP contribution in [0.25, 0.3) is 11.2 Å². The summed E-state index contributed by atoms with van der Waals surface area (Å²) >= 11 is 0. The number of hydrogen-bond donors (Lipinski definition) is 1. The Balaban J connectivity index is 1.70. The summed E-state index contributed by atoms with van der Waals surface area (Å²) in [5, 5.41) is 10.1. The monoisotopic (exact) mass is 276 g/mol. The molecule has 0 saturated carbocycles. The Morgan fingerprint density at radius 1 is 1.15 bits per heavy atom. The molecular weight excluding hydrogens is 252 g/mol. The maximum absolute atomic E-state index is 10.1. The highest BCUT2D eigenvalue weighted by atomic mass is 16.4. The average Bonchev–Trinajstić information content (AvgIpc) is 2.90. The molecule has 2 aromatic heterocycles. The molecule has 2 aromatic rings. The highest BCUT2D eigenvalue weighted by Gasteiger charge is 2.15. The molecule has 0 aliphatic carbocycles. The number of hydrogen-bond acceptors (Lipinski definition) is 4. The van der Waals surface area contributed by atoms with Crippen LogP contribution in [0.1, 0.15) is 70.3 Å². The van der Waals surface area contributed by atoms with Crippen LogP contribution in [0.5, 0.6) is 0 Å². The lowest BCUT2D eigenvalue weighted by atomic mass is 10.1. The normalized spacial score (nSPS) is 12.9. The molecule has 110 valence electrons. The third-order valence-electron chi connectivity index (χ3n) is 3.55. The molecule has 0 aliphatic rings. The molecule has 4 nitrogen and oxygen atoms in total. The van der Waals surface area contributed by atoms with E-state index in [4.69, 9.17) is 4.42 Å². The molecule has 0 radical (unpaired) electrons. The van der Waals surface area contributed by atoms with Gasteiger partial charge in [0.2, 0.25) is 5.89 Å². The molecule has 20 heavy (non-hydrogen) atoms. The Morgan fingerprint density at radius 3 is 2.65 bits per heavy atom. The van der Waals surface area contributed by atoms with Crippen LogP contribution in [-0.4, -0.2) is 15.1 Å². The maximum atomic E-state index is 10.1. The molecule has 0 aliphatic heterocycles. The lowest BCUT2D eigenvalue weighted by molar-refractivity contribution is 0.133. The highest BCUT2D eigenvalue weighted by molar-refractivity contribution is 5.66. The van der Waals surface area contributed by atoms with Crippen molar-refractivity contribution >= 4 is 11.2 Å². The number of rotatable bonds is 9. The molecule has 0 bridgehead atoms. The van der Waals surface area contributed by atoms with Gasteiger partial charge in [0, 0.05) is 6.20 Å². The van der Waals surface area contributed by atoms with Crippen LogP contribution in [0.4, 0.5) is 0 Å². The minimum atomic E-state index is -0.611. The van der Waals surface area contributed by atoms with Crippen LogP contribution in [0.3, 0.4) is 0 Å². The van der Waals surface area contributed by atoms with Crippen molar-refractivity contribution in [2.75, 3.05) is 0 Å². The van der Waals surface area contributed by atoms with E-state index in [2.05, 4.69) is 16.9 Å². The van der Waals surface area contributed by atoms with E-state index < -0.39 is 6.10 Å². The number of aliphatic hydroxyl groups is 1. The van der Waals surface area contributed by atoms with Crippen LogP contribution >= 0.6 is 0 Å². The van der Waals surface area contributed by atoms with E-state index in [1.54, 1.807) is 12.3 Å². The van der Waals surface area contributed by atoms with E-state index in [-0.39, 0.29) is 0 Å². The summed E-state index contributed by atoms with van der Waals surface area (Å²) in [6, 6.07) is 3.62. The first kappa shape index (κ1) is 15.0. The quantitative estimate of drug-likeness (QED) is 0.690. The van der Waals surface area contributed by atoms with Gasteiger partial charge < -0.3 is 9.52 Å². The fourth-order valence-corrected chi connectivity index (χ4v) is 2.35. The maximum Gasteiger partial charge on any atom is 0.225 e. The first-order chi connectivity index (χ1) is 9.81. The van der Waals surface area contributed by atoms with Crippen LogP contribution in [0.2, 0.25) is 0 Å². The Bertz CT molecular complexity index is 477. The summed E-state index contributed by atoms with van der Waals surface area (Å²) in [6.07, 6.45) is 10.5. The summed E-state index contributed by atoms with van der Waals surface area (Å²) in [7, 11) is 0. The molecule has 0 fully saturated rings. The number of aromatic nitrogens is 2. The third-order valence-corrected chi connectivity index (χ3v) is 3.55. The van der Waals surface area contributed by atoms with Gasteiger partial charge in [-0.3, -0.25) is 0 Å². The standard InChI is InChI=1S/C16H24N2O2/c1-2-3-4-5-6-7-8-10-13(19)16-18-15-14(20-16)11-9-12-17-15/h9,11-13,19H,2-8,10H2,1H3. The van der Waals surface area contributed by atoms with E-state index >= 15 is 0 Å². The summed E-state index contributed by atoms with van der Waals surface area (Å²) in [5.74, 6) is 0.393. The van der Waals surface area contributed by atoms with E-state index in [0.29, 0.717) is 23.5 Å². The van der Waals surface area contributed by atoms with E-state index in [1.807, 2.05) is 6.07 Å². The Kier molecular flexibility index (Phi) is 5.99. The lowest BCUT2D eigenvalue weighted by Crippen LogP contribution is -1.97. The fourth-order valence-electron chi connectivity index (χ4n) is 2.35. The van der Waals surface area contributed by atoms with Crippen LogP contribution in [0, 0.1) is 0 Å². The summed E-state index contributed by atoms with van der Waals surface area (Å²) in [6.45, 7) is 2.23. The molecule has 1 N–H and O–H groups in total. The average molecular weight is 276 g/mol. The van der Waals surface area contributed by atoms with E-state index in [0.717, 1.165) is 6.42 Å². The molecule has 1 atom stereocenters. The zero-order chi connectivity index (χ0) is 14.2. The lowest BCUT2D eigenvalue weighted by Gasteiger charge is -2.05. The number of nitrogens with zero attached hydrogens (tertiary/aromatic N) is 2. The van der Waals surface area contributed by atoms with E-state index in [1.165, 1.54) is 38.5 Å². The van der Waals surface area contributed by atoms with E-state index in [9.17, 15) is 5.11 Å². The summed E-state index contributed by atoms with van der Waals surface area (Å²) in [5.41, 5.74) is 1.21. The van der Waals surface area contributed by atoms with Gasteiger partial charge in [-0.05, 0) is 18.6 Å². The smallest absolute Gasteiger partial charge is 0.225 e. The second-order valence-corrected chi connectivity index (χ2v) is 5.30. The molecule has 4 heteroatoms. The van der Waals surface area contributed by atoms with Crippen LogP contribution in [-0.2, 0) is 0 Å². The van der Waals surface area contributed by atoms with Gasteiger partial charge in [-0.1, -0.05) is 51.9 Å². The van der Waals surface area contributed by atoms with Gasteiger partial charge in [-0.15, -0.1) is 0 Å².